The zero-order valence-corrected chi connectivity index (χ0v) is 26.9. The molecule has 47 heavy (non-hydrogen) atoms. The van der Waals surface area contributed by atoms with Gasteiger partial charge in [-0.05, 0) is 0 Å². The molecule has 0 radical (unpaired) electrons. The molecule has 2 aliphatic heterocycles. The summed E-state index contributed by atoms with van der Waals surface area (Å²) >= 11 is 0. The van der Waals surface area contributed by atoms with Gasteiger partial charge in [0.1, 0.15) is 31.5 Å². The van der Waals surface area contributed by atoms with Crippen LogP contribution in [0, 0.1) is 0 Å². The van der Waals surface area contributed by atoms with E-state index in [2.05, 4.69) is 0 Å². The van der Waals surface area contributed by atoms with Gasteiger partial charge < -0.3 is 52.1 Å². The molecule has 19 heteroatoms. The van der Waals surface area contributed by atoms with Crippen LogP contribution in [-0.2, 0) is 90.5 Å². The third-order valence-electron chi connectivity index (χ3n) is 6.17. The van der Waals surface area contributed by atoms with Gasteiger partial charge in [0.15, 0.2) is 30.7 Å². The highest BCUT2D eigenvalue weighted by Crippen LogP contribution is 2.35. The van der Waals surface area contributed by atoms with Crippen molar-refractivity contribution in [2.75, 3.05) is 13.2 Å². The number of carbonyl (C=O) groups excluding carboxylic acids is 8. The SMILES string of the molecule is CC(=O)OC[C@@H]1O[C@H](O[C@H]2[C@@H](OC(C)=O)[C@@H](OC(C)=O)[C@H](OC(C)=O)O[C@@H]2COC(C)=O)[C@H](OC(C)=O)[C@H](OC(C)=O)[C@@H]1OC(C)=O. The van der Waals surface area contributed by atoms with Crippen molar-refractivity contribution in [3.05, 3.63) is 0 Å². The molecule has 0 aliphatic carbocycles. The summed E-state index contributed by atoms with van der Waals surface area (Å²) in [6, 6.07) is 0. The molecule has 0 aromatic carbocycles. The monoisotopic (exact) mass is 678 g/mol. The van der Waals surface area contributed by atoms with E-state index in [0.717, 1.165) is 55.4 Å². The van der Waals surface area contributed by atoms with Crippen molar-refractivity contribution in [1.82, 2.24) is 0 Å². The van der Waals surface area contributed by atoms with Gasteiger partial charge in [-0.1, -0.05) is 0 Å². The first-order valence-electron chi connectivity index (χ1n) is 14.2. The summed E-state index contributed by atoms with van der Waals surface area (Å²) in [5.74, 6) is -7.02. The lowest BCUT2D eigenvalue weighted by Crippen LogP contribution is -2.67. The lowest BCUT2D eigenvalue weighted by molar-refractivity contribution is -0.357. The van der Waals surface area contributed by atoms with Crippen LogP contribution in [0.15, 0.2) is 0 Å². The minimum Gasteiger partial charge on any atom is -0.463 e. The van der Waals surface area contributed by atoms with Gasteiger partial charge in [0.2, 0.25) is 12.4 Å². The van der Waals surface area contributed by atoms with Crippen LogP contribution >= 0.6 is 0 Å². The molecule has 0 bridgehead atoms. The largest absolute Gasteiger partial charge is 0.463 e. The van der Waals surface area contributed by atoms with E-state index < -0.39 is 122 Å². The number of rotatable bonds is 12. The van der Waals surface area contributed by atoms with Crippen molar-refractivity contribution in [2.24, 2.45) is 0 Å². The number of esters is 8. The van der Waals surface area contributed by atoms with E-state index in [1.165, 1.54) is 0 Å². The van der Waals surface area contributed by atoms with Crippen molar-refractivity contribution in [2.45, 2.75) is 117 Å². The standard InChI is InChI=1S/C28H38O19/c1-11(29)37-9-19-21(39-13(3)31)23(40-14(4)32)26(43-17(7)35)28(46-19)47-22-20(10-38-12(2)30)45-27(44-18(8)36)25(42-16(6)34)24(22)41-15(5)33/h19-28H,9-10H2,1-8H3/t19-,20+,21+,22+,23+,24+,25+,26+,27+,28+/m0/s1. The smallest absolute Gasteiger partial charge is 0.305 e. The Bertz CT molecular complexity index is 1200. The molecule has 2 fully saturated rings. The Hall–Kier alpha value is -4.36. The lowest BCUT2D eigenvalue weighted by Gasteiger charge is -2.48. The molecule has 0 spiro atoms. The third kappa shape index (κ3) is 12.1. The summed E-state index contributed by atoms with van der Waals surface area (Å²) in [6.07, 6.45) is -16.3. The Morgan fingerprint density at radius 2 is 0.702 bits per heavy atom. The molecule has 0 aromatic heterocycles. The van der Waals surface area contributed by atoms with E-state index >= 15 is 0 Å². The number of carbonyl (C=O) groups is 8. The van der Waals surface area contributed by atoms with E-state index in [1.54, 1.807) is 0 Å². The van der Waals surface area contributed by atoms with Gasteiger partial charge in [-0.3, -0.25) is 38.4 Å². The van der Waals surface area contributed by atoms with Crippen molar-refractivity contribution < 1.29 is 90.5 Å². The van der Waals surface area contributed by atoms with Crippen LogP contribution in [0.4, 0.5) is 0 Å². The fourth-order valence-corrected chi connectivity index (χ4v) is 4.73. The van der Waals surface area contributed by atoms with E-state index in [0.29, 0.717) is 0 Å². The molecule has 0 N–H and O–H groups in total. The normalized spacial score (nSPS) is 30.0. The summed E-state index contributed by atoms with van der Waals surface area (Å²) in [5.41, 5.74) is 0. The average molecular weight is 679 g/mol. The van der Waals surface area contributed by atoms with Gasteiger partial charge in [0.05, 0.1) is 0 Å². The second-order valence-corrected chi connectivity index (χ2v) is 10.3. The quantitative estimate of drug-likeness (QED) is 0.181. The Morgan fingerprint density at radius 3 is 1.11 bits per heavy atom. The summed E-state index contributed by atoms with van der Waals surface area (Å²) < 4.78 is 60.2. The molecule has 2 rings (SSSR count). The molecule has 0 amide bonds. The minimum absolute atomic E-state index is 0.590. The lowest BCUT2D eigenvalue weighted by atomic mass is 9.96. The molecule has 10 atom stereocenters. The molecule has 2 heterocycles. The Morgan fingerprint density at radius 1 is 0.383 bits per heavy atom. The van der Waals surface area contributed by atoms with E-state index in [9.17, 15) is 38.4 Å². The Kier molecular flexibility index (Phi) is 14.5. The molecule has 0 saturated carbocycles. The maximum Gasteiger partial charge on any atom is 0.305 e. The van der Waals surface area contributed by atoms with Crippen LogP contribution in [-0.4, -0.2) is 122 Å². The van der Waals surface area contributed by atoms with Crippen molar-refractivity contribution >= 4 is 47.8 Å². The van der Waals surface area contributed by atoms with Crippen LogP contribution in [0.25, 0.3) is 0 Å². The van der Waals surface area contributed by atoms with Crippen molar-refractivity contribution in [1.29, 1.82) is 0 Å². The molecule has 2 aliphatic rings. The maximum absolute atomic E-state index is 12.3. The number of ether oxygens (including phenoxy) is 11. The first kappa shape index (κ1) is 38.8. The van der Waals surface area contributed by atoms with Gasteiger partial charge in [0, 0.05) is 55.4 Å². The molecule has 264 valence electrons. The van der Waals surface area contributed by atoms with Gasteiger partial charge in [-0.2, -0.15) is 0 Å². The van der Waals surface area contributed by atoms with E-state index in [1.807, 2.05) is 0 Å². The van der Waals surface area contributed by atoms with Gasteiger partial charge in [-0.15, -0.1) is 0 Å². The number of hydrogen-bond acceptors (Lipinski definition) is 19. The predicted octanol–water partition coefficient (Wildman–Crippen LogP) is -0.831. The van der Waals surface area contributed by atoms with Gasteiger partial charge in [0.25, 0.3) is 0 Å². The fraction of sp³-hybridized carbons (Fsp3) is 0.714. The molecule has 0 aromatic rings. The van der Waals surface area contributed by atoms with Crippen LogP contribution in [0.2, 0.25) is 0 Å². The zero-order chi connectivity index (χ0) is 35.6. The first-order valence-corrected chi connectivity index (χ1v) is 14.2. The van der Waals surface area contributed by atoms with Crippen LogP contribution < -0.4 is 0 Å². The first-order chi connectivity index (χ1) is 21.9. The maximum atomic E-state index is 12.3. The van der Waals surface area contributed by atoms with E-state index in [4.69, 9.17) is 52.1 Å². The van der Waals surface area contributed by atoms with Crippen LogP contribution in [0.1, 0.15) is 55.4 Å². The predicted molar refractivity (Wildman–Crippen MR) is 145 cm³/mol. The van der Waals surface area contributed by atoms with Crippen molar-refractivity contribution in [3.63, 3.8) is 0 Å². The minimum atomic E-state index is -1.83. The second kappa shape index (κ2) is 17.5. The number of hydrogen-bond donors (Lipinski definition) is 0. The van der Waals surface area contributed by atoms with Gasteiger partial charge >= 0.3 is 47.8 Å². The molecule has 2 saturated heterocycles. The highest BCUT2D eigenvalue weighted by Gasteiger charge is 2.58. The molecular formula is C28H38O19. The topological polar surface area (TPSA) is 238 Å². The second-order valence-electron chi connectivity index (χ2n) is 10.3. The van der Waals surface area contributed by atoms with Crippen molar-refractivity contribution in [3.8, 4) is 0 Å². The van der Waals surface area contributed by atoms with Gasteiger partial charge in [-0.25, -0.2) is 0 Å². The fourth-order valence-electron chi connectivity index (χ4n) is 4.73. The molecule has 19 nitrogen and oxygen atoms in total. The zero-order valence-electron chi connectivity index (χ0n) is 26.9. The summed E-state index contributed by atoms with van der Waals surface area (Å²) in [6.45, 7) is 7.05. The Balaban J connectivity index is 2.73. The summed E-state index contributed by atoms with van der Waals surface area (Å²) in [5, 5.41) is 0. The highest BCUT2D eigenvalue weighted by atomic mass is 16.8. The third-order valence-corrected chi connectivity index (χ3v) is 6.17. The van der Waals surface area contributed by atoms with Crippen LogP contribution in [0.5, 0.6) is 0 Å². The van der Waals surface area contributed by atoms with Crippen LogP contribution in [0.3, 0.4) is 0 Å². The summed E-state index contributed by atoms with van der Waals surface area (Å²) in [7, 11) is 0. The summed E-state index contributed by atoms with van der Waals surface area (Å²) in [4.78, 5) is 96.3. The molecule has 0 unspecified atom stereocenters. The Labute approximate surface area is 268 Å². The van der Waals surface area contributed by atoms with E-state index in [-0.39, 0.29) is 0 Å². The molecular weight excluding hydrogens is 640 g/mol. The highest BCUT2D eigenvalue weighted by molar-refractivity contribution is 5.70. The average Bonchev–Trinajstić information content (AvgIpc) is 2.91.